The topological polar surface area (TPSA) is 57.1 Å². The first kappa shape index (κ1) is 18.3. The Labute approximate surface area is 154 Å². The van der Waals surface area contributed by atoms with Crippen molar-refractivity contribution in [3.63, 3.8) is 0 Å². The van der Waals surface area contributed by atoms with Crippen molar-refractivity contribution >= 4 is 0 Å². The molecule has 3 heteroatoms. The Bertz CT molecular complexity index is 496. The zero-order valence-electron chi connectivity index (χ0n) is 16.5. The lowest BCUT2D eigenvalue weighted by molar-refractivity contribution is -0.671. The van der Waals surface area contributed by atoms with Crippen LogP contribution in [0.15, 0.2) is 0 Å². The Morgan fingerprint density at radius 3 is 2.52 bits per heavy atom. The molecule has 0 bridgehead atoms. The van der Waals surface area contributed by atoms with E-state index in [0.29, 0.717) is 5.41 Å². The highest BCUT2D eigenvalue weighted by Crippen LogP contribution is 2.67. The Kier molecular flexibility index (Phi) is 4.74. The van der Waals surface area contributed by atoms with Crippen molar-refractivity contribution < 1.29 is 15.5 Å². The van der Waals surface area contributed by atoms with Gasteiger partial charge in [0.15, 0.2) is 0 Å². The first-order valence-corrected chi connectivity index (χ1v) is 11.1. The molecule has 0 heterocycles. The number of quaternary nitrogens is 1. The van der Waals surface area contributed by atoms with Crippen LogP contribution in [0.4, 0.5) is 0 Å². The fraction of sp³-hybridized carbons (Fsp3) is 1.00. The molecule has 0 unspecified atom stereocenters. The van der Waals surface area contributed by atoms with Gasteiger partial charge in [-0.25, -0.2) is 0 Å². The molecule has 0 radical (unpaired) electrons. The molecule has 0 saturated heterocycles. The van der Waals surface area contributed by atoms with Gasteiger partial charge in [0, 0.05) is 5.41 Å². The van der Waals surface area contributed by atoms with Gasteiger partial charge >= 0.3 is 0 Å². The van der Waals surface area contributed by atoms with Crippen molar-refractivity contribution in [1.29, 1.82) is 0 Å². The zero-order valence-corrected chi connectivity index (χ0v) is 16.5. The maximum absolute atomic E-state index is 11.5. The Balaban J connectivity index is 1.55. The zero-order chi connectivity index (χ0) is 17.7. The highest BCUT2D eigenvalue weighted by atomic mass is 16.3. The Morgan fingerprint density at radius 1 is 0.920 bits per heavy atom. The van der Waals surface area contributed by atoms with E-state index < -0.39 is 5.60 Å². The monoisotopic (exact) mass is 350 g/mol. The number of aliphatic hydroxyl groups excluding tert-OH is 1. The van der Waals surface area contributed by atoms with Crippen molar-refractivity contribution in [2.45, 2.75) is 83.7 Å². The summed E-state index contributed by atoms with van der Waals surface area (Å²) < 4.78 is 0. The van der Waals surface area contributed by atoms with Gasteiger partial charge in [0.25, 0.3) is 0 Å². The van der Waals surface area contributed by atoms with E-state index in [-0.39, 0.29) is 12.0 Å². The van der Waals surface area contributed by atoms with Crippen LogP contribution in [0.5, 0.6) is 0 Å². The van der Waals surface area contributed by atoms with Crippen LogP contribution in [-0.4, -0.2) is 35.5 Å². The fourth-order valence-electron chi connectivity index (χ4n) is 8.17. The summed E-state index contributed by atoms with van der Waals surface area (Å²) >= 11 is 0. The van der Waals surface area contributed by atoms with Crippen molar-refractivity contribution in [3.05, 3.63) is 0 Å². The van der Waals surface area contributed by atoms with Crippen LogP contribution in [-0.2, 0) is 0 Å². The molecular weight excluding hydrogens is 310 g/mol. The Hall–Kier alpha value is -0.120. The molecule has 144 valence electrons. The summed E-state index contributed by atoms with van der Waals surface area (Å²) in [5.74, 6) is 3.46. The molecule has 4 rings (SSSR count). The molecule has 4 aliphatic rings. The number of nitrogens with two attached hydrogens (primary N) is 1. The van der Waals surface area contributed by atoms with Crippen molar-refractivity contribution in [2.24, 2.45) is 34.5 Å². The lowest BCUT2D eigenvalue weighted by Crippen LogP contribution is -2.90. The van der Waals surface area contributed by atoms with Crippen LogP contribution < -0.4 is 5.32 Å². The van der Waals surface area contributed by atoms with Gasteiger partial charge in [0.2, 0.25) is 0 Å². The largest absolute Gasteiger partial charge is 0.391 e. The van der Waals surface area contributed by atoms with Crippen LogP contribution >= 0.6 is 0 Å². The van der Waals surface area contributed by atoms with Crippen LogP contribution in [0.2, 0.25) is 0 Å². The summed E-state index contributed by atoms with van der Waals surface area (Å²) in [5, 5.41) is 22.8. The standard InChI is InChI=1S/C22H39NO2/c1-20-10-4-3-5-16(20)6-7-17-18(20)8-11-21(2)19(17)9-12-22(21,25)15-23-13-14-24/h16-19,23-25H,3-15H2,1-2H3/p+1/t16-,17+,18+,19-,20+,21+,22-/m1/s1. The van der Waals surface area contributed by atoms with E-state index in [9.17, 15) is 5.11 Å². The number of aliphatic hydroxyl groups is 2. The second kappa shape index (κ2) is 6.49. The number of fused-ring (bicyclic) bond motifs is 5. The molecule has 4 aliphatic carbocycles. The molecule has 4 fully saturated rings. The predicted octanol–water partition coefficient (Wildman–Crippen LogP) is 2.71. The van der Waals surface area contributed by atoms with Crippen LogP contribution in [0, 0.1) is 34.5 Å². The number of rotatable bonds is 4. The minimum Gasteiger partial charge on any atom is -0.391 e. The van der Waals surface area contributed by atoms with Crippen molar-refractivity contribution in [1.82, 2.24) is 0 Å². The number of hydrogen-bond acceptors (Lipinski definition) is 2. The fourth-order valence-corrected chi connectivity index (χ4v) is 8.17. The Morgan fingerprint density at radius 2 is 1.72 bits per heavy atom. The van der Waals surface area contributed by atoms with E-state index in [1.54, 1.807) is 0 Å². The highest BCUT2D eigenvalue weighted by Gasteiger charge is 2.64. The summed E-state index contributed by atoms with van der Waals surface area (Å²) in [6, 6.07) is 0. The predicted molar refractivity (Wildman–Crippen MR) is 100 cm³/mol. The maximum Gasteiger partial charge on any atom is 0.119 e. The van der Waals surface area contributed by atoms with E-state index >= 15 is 0 Å². The quantitative estimate of drug-likeness (QED) is 0.683. The average Bonchev–Trinajstić information content (AvgIpc) is 2.86. The lowest BCUT2D eigenvalue weighted by atomic mass is 9.44. The molecule has 7 atom stereocenters. The molecule has 0 aromatic rings. The van der Waals surface area contributed by atoms with Gasteiger partial charge in [-0.15, -0.1) is 0 Å². The molecule has 0 spiro atoms. The summed E-state index contributed by atoms with van der Waals surface area (Å²) in [4.78, 5) is 0. The minimum absolute atomic E-state index is 0.0952. The third-order valence-electron chi connectivity index (χ3n) is 9.72. The van der Waals surface area contributed by atoms with E-state index in [0.717, 1.165) is 43.2 Å². The second-order valence-corrected chi connectivity index (χ2v) is 10.4. The maximum atomic E-state index is 11.5. The SMILES string of the molecule is C[C@]12CCCC[C@@H]1CC[C@@H]1[C@H]3CC[C@@](O)(C[NH2+]CCO)[C@@]3(C)CC[C@@H]12. The molecule has 0 amide bonds. The van der Waals surface area contributed by atoms with Crippen LogP contribution in [0.1, 0.15) is 78.1 Å². The van der Waals surface area contributed by atoms with Crippen LogP contribution in [0.25, 0.3) is 0 Å². The van der Waals surface area contributed by atoms with Gasteiger partial charge in [-0.2, -0.15) is 0 Å². The third-order valence-corrected chi connectivity index (χ3v) is 9.72. The number of hydrogen-bond donors (Lipinski definition) is 3. The highest BCUT2D eigenvalue weighted by molar-refractivity contribution is 5.13. The van der Waals surface area contributed by atoms with Crippen molar-refractivity contribution in [3.8, 4) is 0 Å². The molecular formula is C22H40NO2+. The van der Waals surface area contributed by atoms with Crippen LogP contribution in [0.3, 0.4) is 0 Å². The summed E-state index contributed by atoms with van der Waals surface area (Å²) in [6.07, 6.45) is 13.4. The first-order valence-electron chi connectivity index (χ1n) is 11.1. The van der Waals surface area contributed by atoms with E-state index in [2.05, 4.69) is 19.2 Å². The van der Waals surface area contributed by atoms with Gasteiger partial charge in [-0.3, -0.25) is 0 Å². The van der Waals surface area contributed by atoms with Gasteiger partial charge in [0.05, 0.1) is 13.2 Å². The molecule has 3 nitrogen and oxygen atoms in total. The normalized spacial score (nSPS) is 52.3. The molecule has 4 saturated carbocycles. The average molecular weight is 351 g/mol. The summed E-state index contributed by atoms with van der Waals surface area (Å²) in [5.41, 5.74) is 0.159. The van der Waals surface area contributed by atoms with Gasteiger partial charge in [-0.05, 0) is 80.5 Å². The lowest BCUT2D eigenvalue weighted by Gasteiger charge is -2.61. The molecule has 25 heavy (non-hydrogen) atoms. The van der Waals surface area contributed by atoms with Gasteiger partial charge in [0.1, 0.15) is 12.1 Å². The molecule has 0 aromatic heterocycles. The third kappa shape index (κ3) is 2.63. The summed E-state index contributed by atoms with van der Waals surface area (Å²) in [7, 11) is 0. The van der Waals surface area contributed by atoms with E-state index in [4.69, 9.17) is 5.11 Å². The van der Waals surface area contributed by atoms with E-state index in [1.165, 1.54) is 57.8 Å². The van der Waals surface area contributed by atoms with Gasteiger partial charge < -0.3 is 15.5 Å². The smallest absolute Gasteiger partial charge is 0.119 e. The molecule has 4 N–H and O–H groups in total. The van der Waals surface area contributed by atoms with Gasteiger partial charge in [-0.1, -0.05) is 26.7 Å². The molecule has 0 aromatic carbocycles. The second-order valence-electron chi connectivity index (χ2n) is 10.4. The van der Waals surface area contributed by atoms with E-state index in [1.807, 2.05) is 0 Å². The first-order chi connectivity index (χ1) is 11.9. The minimum atomic E-state index is -0.526. The van der Waals surface area contributed by atoms with Crippen molar-refractivity contribution in [2.75, 3.05) is 19.7 Å². The molecule has 0 aliphatic heterocycles. The summed E-state index contributed by atoms with van der Waals surface area (Å²) in [6.45, 7) is 6.74.